The van der Waals surface area contributed by atoms with Gasteiger partial charge in [0.1, 0.15) is 0 Å². The van der Waals surface area contributed by atoms with Gasteiger partial charge >= 0.3 is 0 Å². The molecule has 2 amide bonds. The normalized spacial score (nSPS) is 17.3. The fourth-order valence-electron chi connectivity index (χ4n) is 3.78. The van der Waals surface area contributed by atoms with Crippen molar-refractivity contribution in [1.82, 2.24) is 14.8 Å². The van der Waals surface area contributed by atoms with Gasteiger partial charge in [0.2, 0.25) is 11.8 Å². The second kappa shape index (κ2) is 6.33. The van der Waals surface area contributed by atoms with Gasteiger partial charge in [-0.15, -0.1) is 0 Å². The number of halogens is 1. The van der Waals surface area contributed by atoms with Gasteiger partial charge in [-0.25, -0.2) is 0 Å². The number of hydrogen-bond donors (Lipinski definition) is 1. The number of nitrogens with zero attached hydrogens (tertiary/aromatic N) is 2. The number of fused-ring (bicyclic) bond motifs is 3. The minimum absolute atomic E-state index is 0.0457. The summed E-state index contributed by atoms with van der Waals surface area (Å²) in [5, 5.41) is 1.19. The third-order valence-corrected chi connectivity index (χ3v) is 5.69. The number of nitrogens with one attached hydrogen (secondary N) is 1. The van der Waals surface area contributed by atoms with Crippen LogP contribution in [0.3, 0.4) is 0 Å². The molecule has 0 spiro atoms. The molecule has 0 unspecified atom stereocenters. The molecule has 1 saturated heterocycles. The molecule has 5 nitrogen and oxygen atoms in total. The molecule has 0 atom stereocenters. The molecule has 3 heterocycles. The lowest BCUT2D eigenvalue weighted by molar-refractivity contribution is -0.139. The Kier molecular flexibility index (Phi) is 4.15. The van der Waals surface area contributed by atoms with Crippen LogP contribution in [-0.2, 0) is 22.6 Å². The van der Waals surface area contributed by atoms with Crippen LogP contribution < -0.4 is 0 Å². The number of aromatic amines is 1. The summed E-state index contributed by atoms with van der Waals surface area (Å²) in [6.45, 7) is 6.23. The Labute approximate surface area is 154 Å². The van der Waals surface area contributed by atoms with Gasteiger partial charge in [-0.05, 0) is 24.3 Å². The molecular weight excluding hydrogens is 382 g/mol. The van der Waals surface area contributed by atoms with Gasteiger partial charge in [0.05, 0.1) is 0 Å². The van der Waals surface area contributed by atoms with Crippen molar-refractivity contribution in [3.8, 4) is 0 Å². The molecule has 1 N–H and O–H groups in total. The highest BCUT2D eigenvalue weighted by Gasteiger charge is 2.33. The first kappa shape index (κ1) is 16.4. The van der Waals surface area contributed by atoms with Gasteiger partial charge in [0.25, 0.3) is 0 Å². The van der Waals surface area contributed by atoms with Gasteiger partial charge in [0.15, 0.2) is 0 Å². The molecule has 25 heavy (non-hydrogen) atoms. The molecule has 6 heteroatoms. The monoisotopic (exact) mass is 401 g/mol. The molecule has 2 aliphatic heterocycles. The number of hydrogen-bond acceptors (Lipinski definition) is 2. The highest BCUT2D eigenvalue weighted by Crippen LogP contribution is 2.30. The molecule has 1 aromatic heterocycles. The third kappa shape index (κ3) is 2.99. The zero-order valence-electron chi connectivity index (χ0n) is 13.9. The summed E-state index contributed by atoms with van der Waals surface area (Å²) < 4.78 is 1.05. The van der Waals surface area contributed by atoms with E-state index in [4.69, 9.17) is 0 Å². The van der Waals surface area contributed by atoms with Crippen LogP contribution in [0.25, 0.3) is 10.9 Å². The van der Waals surface area contributed by atoms with Gasteiger partial charge in [0, 0.05) is 71.6 Å². The van der Waals surface area contributed by atoms with Gasteiger partial charge in [-0.1, -0.05) is 22.5 Å². The maximum Gasteiger partial charge on any atom is 0.245 e. The summed E-state index contributed by atoms with van der Waals surface area (Å²) in [5.41, 5.74) is 3.59. The maximum atomic E-state index is 12.7. The number of likely N-dealkylation sites (tertiary alicyclic amines) is 1. The second-order valence-corrected chi connectivity index (χ2v) is 7.77. The van der Waals surface area contributed by atoms with Crippen molar-refractivity contribution in [2.75, 3.05) is 19.6 Å². The minimum atomic E-state index is -0.0457. The quantitative estimate of drug-likeness (QED) is 0.803. The summed E-state index contributed by atoms with van der Waals surface area (Å²) in [7, 11) is 0. The third-order valence-electron chi connectivity index (χ3n) is 5.20. The van der Waals surface area contributed by atoms with E-state index in [1.807, 2.05) is 11.0 Å². The molecule has 130 valence electrons. The van der Waals surface area contributed by atoms with Gasteiger partial charge in [-0.2, -0.15) is 0 Å². The first-order valence-electron chi connectivity index (χ1n) is 8.53. The Balaban J connectivity index is 1.43. The zero-order chi connectivity index (χ0) is 17.6. The van der Waals surface area contributed by atoms with Crippen LogP contribution in [0.5, 0.6) is 0 Å². The van der Waals surface area contributed by atoms with Crippen LogP contribution in [0.2, 0.25) is 0 Å². The molecule has 0 saturated carbocycles. The lowest BCUT2D eigenvalue weighted by atomic mass is 9.94. The molecule has 2 aromatic rings. The maximum absolute atomic E-state index is 12.7. The van der Waals surface area contributed by atoms with E-state index in [9.17, 15) is 9.59 Å². The largest absolute Gasteiger partial charge is 0.358 e. The summed E-state index contributed by atoms with van der Waals surface area (Å²) in [4.78, 5) is 31.3. The topological polar surface area (TPSA) is 56.4 Å². The first-order valence-corrected chi connectivity index (χ1v) is 9.32. The fourth-order valence-corrected chi connectivity index (χ4v) is 4.14. The number of H-pyrrole nitrogens is 1. The van der Waals surface area contributed by atoms with Crippen molar-refractivity contribution in [2.24, 2.45) is 5.92 Å². The van der Waals surface area contributed by atoms with Crippen LogP contribution in [-0.4, -0.2) is 46.2 Å². The fraction of sp³-hybridized carbons (Fsp3) is 0.368. The number of amides is 2. The molecular formula is C19H20BrN3O2. The van der Waals surface area contributed by atoms with Crippen molar-refractivity contribution in [1.29, 1.82) is 0 Å². The Morgan fingerprint density at radius 2 is 2.12 bits per heavy atom. The second-order valence-electron chi connectivity index (χ2n) is 6.85. The average Bonchev–Trinajstić information content (AvgIpc) is 2.94. The minimum Gasteiger partial charge on any atom is -0.358 e. The van der Waals surface area contributed by atoms with E-state index in [1.54, 1.807) is 4.90 Å². The van der Waals surface area contributed by atoms with Crippen LogP contribution in [0.1, 0.15) is 17.7 Å². The molecule has 0 radical (unpaired) electrons. The Bertz CT molecular complexity index is 867. The molecule has 2 aliphatic rings. The average molecular weight is 402 g/mol. The highest BCUT2D eigenvalue weighted by atomic mass is 79.9. The van der Waals surface area contributed by atoms with Gasteiger partial charge in [-0.3, -0.25) is 9.59 Å². The summed E-state index contributed by atoms with van der Waals surface area (Å²) >= 11 is 3.53. The molecule has 1 aromatic carbocycles. The van der Waals surface area contributed by atoms with E-state index in [0.717, 1.165) is 23.0 Å². The molecule has 4 rings (SSSR count). The molecule has 0 aliphatic carbocycles. The van der Waals surface area contributed by atoms with E-state index in [2.05, 4.69) is 39.6 Å². The van der Waals surface area contributed by atoms with Crippen LogP contribution in [0.4, 0.5) is 0 Å². The van der Waals surface area contributed by atoms with Crippen molar-refractivity contribution in [3.05, 3.63) is 46.6 Å². The van der Waals surface area contributed by atoms with Crippen LogP contribution >= 0.6 is 15.9 Å². The van der Waals surface area contributed by atoms with Crippen LogP contribution in [0, 0.1) is 5.92 Å². The SMILES string of the molecule is C=CC(=O)N1CC(CC(=O)N2CCc3[nH]c4ccc(Br)cc4c3C2)C1. The Hall–Kier alpha value is -2.08. The number of benzene rings is 1. The summed E-state index contributed by atoms with van der Waals surface area (Å²) in [5.74, 6) is 0.413. The van der Waals surface area contributed by atoms with Crippen molar-refractivity contribution >= 4 is 38.6 Å². The van der Waals surface area contributed by atoms with E-state index < -0.39 is 0 Å². The van der Waals surface area contributed by atoms with Crippen molar-refractivity contribution < 1.29 is 9.59 Å². The van der Waals surface area contributed by atoms with E-state index >= 15 is 0 Å². The molecule has 1 fully saturated rings. The summed E-state index contributed by atoms with van der Waals surface area (Å²) in [6.07, 6.45) is 2.71. The van der Waals surface area contributed by atoms with Crippen molar-refractivity contribution in [2.45, 2.75) is 19.4 Å². The zero-order valence-corrected chi connectivity index (χ0v) is 15.5. The molecule has 0 bridgehead atoms. The Morgan fingerprint density at radius 1 is 1.32 bits per heavy atom. The number of rotatable bonds is 3. The highest BCUT2D eigenvalue weighted by molar-refractivity contribution is 9.10. The van der Waals surface area contributed by atoms with Crippen LogP contribution in [0.15, 0.2) is 35.3 Å². The van der Waals surface area contributed by atoms with E-state index in [0.29, 0.717) is 26.1 Å². The van der Waals surface area contributed by atoms with E-state index in [-0.39, 0.29) is 17.7 Å². The Morgan fingerprint density at radius 3 is 2.88 bits per heavy atom. The summed E-state index contributed by atoms with van der Waals surface area (Å²) in [6, 6.07) is 6.22. The van der Waals surface area contributed by atoms with Gasteiger partial charge < -0.3 is 14.8 Å². The number of carbonyl (C=O) groups is 2. The first-order chi connectivity index (χ1) is 12.0. The standard InChI is InChI=1S/C19H20BrN3O2/c1-2-18(24)23-9-12(10-23)7-19(25)22-6-5-17-15(11-22)14-8-13(20)3-4-16(14)21-17/h2-4,8,12,21H,1,5-7,9-11H2. The lowest BCUT2D eigenvalue weighted by Gasteiger charge is -2.39. The predicted molar refractivity (Wildman–Crippen MR) is 100 cm³/mol. The van der Waals surface area contributed by atoms with E-state index in [1.165, 1.54) is 22.7 Å². The predicted octanol–water partition coefficient (Wildman–Crippen LogP) is 2.85. The number of carbonyl (C=O) groups excluding carboxylic acids is 2. The smallest absolute Gasteiger partial charge is 0.245 e. The van der Waals surface area contributed by atoms with Crippen molar-refractivity contribution in [3.63, 3.8) is 0 Å². The number of aromatic nitrogens is 1. The lowest BCUT2D eigenvalue weighted by Crippen LogP contribution is -2.51.